The molecular weight excluding hydrogens is 386 g/mol. The lowest BCUT2D eigenvalue weighted by molar-refractivity contribution is -0.136. The van der Waals surface area contributed by atoms with Crippen LogP contribution in [0.25, 0.3) is 10.8 Å². The quantitative estimate of drug-likeness (QED) is 0.261. The summed E-state index contributed by atoms with van der Waals surface area (Å²) in [6, 6.07) is 16.6. The Morgan fingerprint density at radius 1 is 1.00 bits per heavy atom. The summed E-state index contributed by atoms with van der Waals surface area (Å²) >= 11 is 0. The number of benzene rings is 3. The highest BCUT2D eigenvalue weighted by Gasteiger charge is 2.14. The fraction of sp³-hybridized carbons (Fsp3) is 0.0909. The summed E-state index contributed by atoms with van der Waals surface area (Å²) in [7, 11) is 0. The highest BCUT2D eigenvalue weighted by atomic mass is 16.5. The van der Waals surface area contributed by atoms with Crippen molar-refractivity contribution in [3.63, 3.8) is 0 Å². The minimum Gasteiger partial charge on any atom is -0.507 e. The van der Waals surface area contributed by atoms with Crippen molar-refractivity contribution < 1.29 is 24.2 Å². The maximum atomic E-state index is 12.0. The molecule has 0 bridgehead atoms. The minimum atomic E-state index is -0.986. The van der Waals surface area contributed by atoms with Gasteiger partial charge in [0, 0.05) is 11.3 Å². The maximum absolute atomic E-state index is 12.0. The van der Waals surface area contributed by atoms with Gasteiger partial charge < -0.3 is 15.2 Å². The smallest absolute Gasteiger partial charge is 0.338 e. The van der Waals surface area contributed by atoms with Gasteiger partial charge in [-0.05, 0) is 48.0 Å². The number of phenolic OH excluding ortho intramolecular Hbond substituents is 1. The van der Waals surface area contributed by atoms with Crippen molar-refractivity contribution in [2.75, 3.05) is 11.9 Å². The topological polar surface area (TPSA) is 117 Å². The number of esters is 1. The van der Waals surface area contributed by atoms with E-state index in [9.17, 15) is 19.5 Å². The van der Waals surface area contributed by atoms with Crippen molar-refractivity contribution in [3.8, 4) is 5.75 Å². The van der Waals surface area contributed by atoms with Gasteiger partial charge in [-0.3, -0.25) is 9.59 Å². The number of hydrogen-bond donors (Lipinski definition) is 3. The predicted molar refractivity (Wildman–Crippen MR) is 112 cm³/mol. The van der Waals surface area contributed by atoms with E-state index in [0.717, 1.165) is 10.8 Å². The van der Waals surface area contributed by atoms with E-state index >= 15 is 0 Å². The molecule has 3 N–H and O–H groups in total. The molecule has 152 valence electrons. The van der Waals surface area contributed by atoms with Crippen molar-refractivity contribution in [2.24, 2.45) is 5.10 Å². The molecule has 0 saturated carbocycles. The fourth-order valence-electron chi connectivity index (χ4n) is 2.72. The van der Waals surface area contributed by atoms with Crippen LogP contribution in [0.5, 0.6) is 5.75 Å². The van der Waals surface area contributed by atoms with E-state index in [4.69, 9.17) is 4.74 Å². The van der Waals surface area contributed by atoms with Gasteiger partial charge >= 0.3 is 17.8 Å². The largest absolute Gasteiger partial charge is 0.507 e. The number of fused-ring (bicyclic) bond motifs is 1. The number of carbonyl (C=O) groups is 3. The Morgan fingerprint density at radius 2 is 1.73 bits per heavy atom. The van der Waals surface area contributed by atoms with Crippen LogP contribution in [0.4, 0.5) is 5.69 Å². The molecule has 0 spiro atoms. The SMILES string of the molecule is CCOC(=O)c1ccc(NC(=O)C(=O)N/N=C\c2c(O)ccc3ccccc23)cc1. The number of rotatable bonds is 5. The molecule has 0 heterocycles. The first-order valence-corrected chi connectivity index (χ1v) is 9.12. The zero-order chi connectivity index (χ0) is 21.5. The minimum absolute atomic E-state index is 0.00200. The first-order valence-electron chi connectivity index (χ1n) is 9.12. The lowest BCUT2D eigenvalue weighted by Gasteiger charge is -2.06. The third-order valence-electron chi connectivity index (χ3n) is 4.17. The molecule has 3 rings (SSSR count). The number of anilines is 1. The lowest BCUT2D eigenvalue weighted by atomic mass is 10.0. The van der Waals surface area contributed by atoms with Gasteiger partial charge in [0.25, 0.3) is 0 Å². The Bertz CT molecular complexity index is 1120. The van der Waals surface area contributed by atoms with Gasteiger partial charge in [-0.15, -0.1) is 0 Å². The molecule has 0 atom stereocenters. The van der Waals surface area contributed by atoms with E-state index < -0.39 is 17.8 Å². The van der Waals surface area contributed by atoms with Crippen LogP contribution in [-0.2, 0) is 14.3 Å². The molecule has 2 amide bonds. The highest BCUT2D eigenvalue weighted by Crippen LogP contribution is 2.25. The monoisotopic (exact) mass is 405 g/mol. The molecule has 8 nitrogen and oxygen atoms in total. The summed E-state index contributed by atoms with van der Waals surface area (Å²) in [5.41, 5.74) is 3.21. The highest BCUT2D eigenvalue weighted by molar-refractivity contribution is 6.39. The first-order chi connectivity index (χ1) is 14.5. The van der Waals surface area contributed by atoms with Crippen molar-refractivity contribution in [1.82, 2.24) is 5.43 Å². The van der Waals surface area contributed by atoms with E-state index in [1.54, 1.807) is 13.0 Å². The molecule has 0 aliphatic rings. The van der Waals surface area contributed by atoms with Crippen LogP contribution in [0.2, 0.25) is 0 Å². The van der Waals surface area contributed by atoms with E-state index in [1.165, 1.54) is 36.5 Å². The molecule has 3 aromatic rings. The molecule has 30 heavy (non-hydrogen) atoms. The number of carbonyl (C=O) groups excluding carboxylic acids is 3. The summed E-state index contributed by atoms with van der Waals surface area (Å²) in [4.78, 5) is 35.6. The summed E-state index contributed by atoms with van der Waals surface area (Å²) in [6.07, 6.45) is 1.27. The molecule has 0 unspecified atom stereocenters. The molecule has 0 fully saturated rings. The van der Waals surface area contributed by atoms with Crippen LogP contribution in [0.1, 0.15) is 22.8 Å². The zero-order valence-corrected chi connectivity index (χ0v) is 16.1. The number of phenols is 1. The average Bonchev–Trinajstić information content (AvgIpc) is 2.75. The third-order valence-corrected chi connectivity index (χ3v) is 4.17. The summed E-state index contributed by atoms with van der Waals surface area (Å²) in [5.74, 6) is -2.39. The van der Waals surface area contributed by atoms with Gasteiger partial charge in [0.1, 0.15) is 5.75 Å². The third kappa shape index (κ3) is 4.79. The average molecular weight is 405 g/mol. The Kier molecular flexibility index (Phi) is 6.39. The van der Waals surface area contributed by atoms with Crippen molar-refractivity contribution in [3.05, 3.63) is 71.8 Å². The Labute approximate surface area is 172 Å². The molecule has 3 aromatic carbocycles. The molecule has 0 aliphatic carbocycles. The van der Waals surface area contributed by atoms with Crippen LogP contribution >= 0.6 is 0 Å². The lowest BCUT2D eigenvalue weighted by Crippen LogP contribution is -2.32. The van der Waals surface area contributed by atoms with E-state index in [-0.39, 0.29) is 12.4 Å². The second kappa shape index (κ2) is 9.33. The number of ether oxygens (including phenoxy) is 1. The fourth-order valence-corrected chi connectivity index (χ4v) is 2.72. The van der Waals surface area contributed by atoms with Crippen LogP contribution < -0.4 is 10.7 Å². The van der Waals surface area contributed by atoms with Crippen molar-refractivity contribution >= 4 is 40.5 Å². The zero-order valence-electron chi connectivity index (χ0n) is 16.1. The standard InChI is InChI=1S/C22H19N3O5/c1-2-30-22(29)15-7-10-16(11-8-15)24-20(27)21(28)25-23-13-18-17-6-4-3-5-14(17)9-12-19(18)26/h3-13,26H,2H2,1H3,(H,24,27)(H,25,28)/b23-13-. The Balaban J connectivity index is 1.62. The molecule has 0 aromatic heterocycles. The normalized spacial score (nSPS) is 10.7. The van der Waals surface area contributed by atoms with Crippen LogP contribution in [0.3, 0.4) is 0 Å². The molecule has 0 saturated heterocycles. The number of nitrogens with one attached hydrogen (secondary N) is 2. The number of aromatic hydroxyl groups is 1. The van der Waals surface area contributed by atoms with E-state index in [1.807, 2.05) is 24.3 Å². The van der Waals surface area contributed by atoms with Crippen LogP contribution in [0.15, 0.2) is 65.8 Å². The number of hydrazone groups is 1. The number of amides is 2. The van der Waals surface area contributed by atoms with Gasteiger partial charge in [0.15, 0.2) is 0 Å². The molecule has 8 heteroatoms. The van der Waals surface area contributed by atoms with Crippen LogP contribution in [0, 0.1) is 0 Å². The second-order valence-corrected chi connectivity index (χ2v) is 6.17. The Hall–Kier alpha value is -4.20. The maximum Gasteiger partial charge on any atom is 0.338 e. The number of nitrogens with zero attached hydrogens (tertiary/aromatic N) is 1. The van der Waals surface area contributed by atoms with Crippen molar-refractivity contribution in [1.29, 1.82) is 0 Å². The molecular formula is C22H19N3O5. The summed E-state index contributed by atoms with van der Waals surface area (Å²) < 4.78 is 4.88. The van der Waals surface area contributed by atoms with Gasteiger partial charge in [0.05, 0.1) is 18.4 Å². The molecule has 0 radical (unpaired) electrons. The summed E-state index contributed by atoms with van der Waals surface area (Å²) in [6.45, 7) is 1.96. The molecule has 0 aliphatic heterocycles. The van der Waals surface area contributed by atoms with Crippen LogP contribution in [-0.4, -0.2) is 35.7 Å². The summed E-state index contributed by atoms with van der Waals surface area (Å²) in [5, 5.41) is 17.9. The van der Waals surface area contributed by atoms with E-state index in [2.05, 4.69) is 15.8 Å². The van der Waals surface area contributed by atoms with Gasteiger partial charge in [0.2, 0.25) is 0 Å². The van der Waals surface area contributed by atoms with Gasteiger partial charge in [-0.25, -0.2) is 10.2 Å². The first kappa shape index (κ1) is 20.5. The Morgan fingerprint density at radius 3 is 2.47 bits per heavy atom. The van der Waals surface area contributed by atoms with Crippen molar-refractivity contribution in [2.45, 2.75) is 6.92 Å². The van der Waals surface area contributed by atoms with Gasteiger partial charge in [-0.1, -0.05) is 30.3 Å². The predicted octanol–water partition coefficient (Wildman–Crippen LogP) is 2.81. The van der Waals surface area contributed by atoms with E-state index in [0.29, 0.717) is 16.8 Å². The van der Waals surface area contributed by atoms with Gasteiger partial charge in [-0.2, -0.15) is 5.10 Å². The number of hydrogen-bond acceptors (Lipinski definition) is 6. The second-order valence-electron chi connectivity index (χ2n) is 6.17.